The quantitative estimate of drug-likeness (QED) is 0.746. The largest absolute Gasteiger partial charge is 0.316 e. The van der Waals surface area contributed by atoms with Gasteiger partial charge in [-0.05, 0) is 17.7 Å². The number of benzene rings is 1. The van der Waals surface area contributed by atoms with E-state index in [1.807, 2.05) is 48.5 Å². The molecule has 1 atom stereocenters. The Morgan fingerprint density at radius 3 is 2.33 bits per heavy atom. The highest BCUT2D eigenvalue weighted by Gasteiger charge is 2.12. The van der Waals surface area contributed by atoms with Gasteiger partial charge in [-0.25, -0.2) is 0 Å². The summed E-state index contributed by atoms with van der Waals surface area (Å²) in [5.41, 5.74) is 4.05. The van der Waals surface area contributed by atoms with Crippen LogP contribution in [0.5, 0.6) is 0 Å². The molecule has 1 heterocycles. The molecule has 0 amide bonds. The minimum Gasteiger partial charge on any atom is -0.316 e. The van der Waals surface area contributed by atoms with E-state index in [0.717, 1.165) is 11.3 Å². The molecule has 1 unspecified atom stereocenters. The van der Waals surface area contributed by atoms with E-state index in [9.17, 15) is 0 Å². The number of nitrogens with zero attached hydrogens (tertiary/aromatic N) is 1. The maximum atomic E-state index is 9.14. The van der Waals surface area contributed by atoms with Crippen molar-refractivity contribution in [2.75, 3.05) is 0 Å². The van der Waals surface area contributed by atoms with Crippen LogP contribution < -0.4 is 5.48 Å². The molecule has 0 aliphatic carbocycles. The van der Waals surface area contributed by atoms with E-state index in [4.69, 9.17) is 5.21 Å². The van der Waals surface area contributed by atoms with Gasteiger partial charge in [0, 0.05) is 6.20 Å². The molecule has 76 valence electrons. The first-order chi connectivity index (χ1) is 7.42. The molecule has 0 aliphatic heterocycles. The topological polar surface area (TPSA) is 45.1 Å². The van der Waals surface area contributed by atoms with Crippen molar-refractivity contribution < 1.29 is 5.21 Å². The molecule has 0 fully saturated rings. The Hall–Kier alpha value is -1.71. The molecule has 0 saturated heterocycles. The van der Waals surface area contributed by atoms with Crippen LogP contribution in [0.2, 0.25) is 0 Å². The molecule has 3 nitrogen and oxygen atoms in total. The average Bonchev–Trinajstić information content (AvgIpc) is 2.33. The van der Waals surface area contributed by atoms with Crippen molar-refractivity contribution in [3.05, 3.63) is 66.0 Å². The lowest BCUT2D eigenvalue weighted by molar-refractivity contribution is 0.139. The zero-order valence-electron chi connectivity index (χ0n) is 8.17. The molecule has 15 heavy (non-hydrogen) atoms. The molecular weight excluding hydrogens is 188 g/mol. The monoisotopic (exact) mass is 200 g/mol. The predicted molar refractivity (Wildman–Crippen MR) is 57.4 cm³/mol. The Balaban J connectivity index is 2.34. The summed E-state index contributed by atoms with van der Waals surface area (Å²) in [4.78, 5) is 4.20. The lowest BCUT2D eigenvalue weighted by Crippen LogP contribution is -2.19. The van der Waals surface area contributed by atoms with Gasteiger partial charge in [-0.2, -0.15) is 5.48 Å². The normalized spacial score (nSPS) is 12.3. The zero-order valence-corrected chi connectivity index (χ0v) is 8.17. The minimum absolute atomic E-state index is 0.271. The zero-order chi connectivity index (χ0) is 10.5. The standard InChI is InChI=1S/C12H12N2O/c15-14-12(10-6-2-1-3-7-10)11-8-4-5-9-13-11/h1-9,12,14-15H. The van der Waals surface area contributed by atoms with Crippen LogP contribution in [0.25, 0.3) is 0 Å². The predicted octanol–water partition coefficient (Wildman–Crippen LogP) is 2.15. The molecule has 0 aliphatic rings. The number of hydrogen-bond acceptors (Lipinski definition) is 3. The summed E-state index contributed by atoms with van der Waals surface area (Å²) in [6, 6.07) is 15.1. The molecular formula is C12H12N2O. The van der Waals surface area contributed by atoms with E-state index in [1.54, 1.807) is 6.20 Å². The van der Waals surface area contributed by atoms with E-state index >= 15 is 0 Å². The fourth-order valence-electron chi connectivity index (χ4n) is 1.50. The van der Waals surface area contributed by atoms with Crippen LogP contribution >= 0.6 is 0 Å². The van der Waals surface area contributed by atoms with Crippen molar-refractivity contribution in [1.29, 1.82) is 0 Å². The van der Waals surface area contributed by atoms with Gasteiger partial charge in [-0.15, -0.1) is 0 Å². The summed E-state index contributed by atoms with van der Waals surface area (Å²) in [7, 11) is 0. The highest BCUT2D eigenvalue weighted by atomic mass is 16.5. The number of rotatable bonds is 3. The molecule has 0 bridgehead atoms. The Labute approximate surface area is 88.4 Å². The first-order valence-corrected chi connectivity index (χ1v) is 4.77. The lowest BCUT2D eigenvalue weighted by Gasteiger charge is -2.14. The lowest BCUT2D eigenvalue weighted by atomic mass is 10.0. The summed E-state index contributed by atoms with van der Waals surface area (Å²) in [6.07, 6.45) is 1.71. The van der Waals surface area contributed by atoms with E-state index in [0.29, 0.717) is 0 Å². The summed E-state index contributed by atoms with van der Waals surface area (Å²) < 4.78 is 0. The smallest absolute Gasteiger partial charge is 0.0990 e. The summed E-state index contributed by atoms with van der Waals surface area (Å²) >= 11 is 0. The van der Waals surface area contributed by atoms with Gasteiger partial charge >= 0.3 is 0 Å². The van der Waals surface area contributed by atoms with Gasteiger partial charge in [-0.1, -0.05) is 36.4 Å². The molecule has 2 aromatic rings. The first-order valence-electron chi connectivity index (χ1n) is 4.77. The van der Waals surface area contributed by atoms with Crippen molar-refractivity contribution in [3.8, 4) is 0 Å². The summed E-state index contributed by atoms with van der Waals surface area (Å²) in [5.74, 6) is 0. The maximum Gasteiger partial charge on any atom is 0.0990 e. The molecule has 2 N–H and O–H groups in total. The fraction of sp³-hybridized carbons (Fsp3) is 0.0833. The van der Waals surface area contributed by atoms with Crippen molar-refractivity contribution in [1.82, 2.24) is 10.5 Å². The van der Waals surface area contributed by atoms with Crippen LogP contribution in [0.1, 0.15) is 17.3 Å². The molecule has 2 rings (SSSR count). The highest BCUT2D eigenvalue weighted by molar-refractivity contribution is 5.26. The second-order valence-corrected chi connectivity index (χ2v) is 3.23. The second kappa shape index (κ2) is 4.68. The molecule has 3 heteroatoms. The Morgan fingerprint density at radius 2 is 1.73 bits per heavy atom. The molecule has 0 saturated carbocycles. The van der Waals surface area contributed by atoms with Crippen LogP contribution in [0.15, 0.2) is 54.7 Å². The summed E-state index contributed by atoms with van der Waals surface area (Å²) in [6.45, 7) is 0. The first kappa shape index (κ1) is 9.83. The maximum absolute atomic E-state index is 9.14. The average molecular weight is 200 g/mol. The van der Waals surface area contributed by atoms with Crippen LogP contribution in [-0.2, 0) is 0 Å². The van der Waals surface area contributed by atoms with E-state index in [-0.39, 0.29) is 6.04 Å². The fourth-order valence-corrected chi connectivity index (χ4v) is 1.50. The highest BCUT2D eigenvalue weighted by Crippen LogP contribution is 2.18. The van der Waals surface area contributed by atoms with Crippen LogP contribution in [0.4, 0.5) is 0 Å². The molecule has 0 spiro atoms. The van der Waals surface area contributed by atoms with Crippen molar-refractivity contribution >= 4 is 0 Å². The number of nitrogens with one attached hydrogen (secondary N) is 1. The van der Waals surface area contributed by atoms with Gasteiger partial charge in [0.15, 0.2) is 0 Å². The van der Waals surface area contributed by atoms with Crippen LogP contribution in [-0.4, -0.2) is 10.2 Å². The van der Waals surface area contributed by atoms with Gasteiger partial charge < -0.3 is 5.21 Å². The number of pyridine rings is 1. The third-order valence-electron chi connectivity index (χ3n) is 2.25. The van der Waals surface area contributed by atoms with Crippen molar-refractivity contribution in [2.24, 2.45) is 0 Å². The molecule has 1 aromatic carbocycles. The van der Waals surface area contributed by atoms with Gasteiger partial charge in [0.25, 0.3) is 0 Å². The number of hydrogen-bond donors (Lipinski definition) is 2. The molecule has 0 radical (unpaired) electrons. The van der Waals surface area contributed by atoms with Crippen molar-refractivity contribution in [2.45, 2.75) is 6.04 Å². The number of aromatic nitrogens is 1. The summed E-state index contributed by atoms with van der Waals surface area (Å²) in [5, 5.41) is 9.14. The van der Waals surface area contributed by atoms with Gasteiger partial charge in [-0.3, -0.25) is 4.98 Å². The van der Waals surface area contributed by atoms with Gasteiger partial charge in [0.1, 0.15) is 0 Å². The van der Waals surface area contributed by atoms with Gasteiger partial charge in [0.05, 0.1) is 11.7 Å². The minimum atomic E-state index is -0.271. The van der Waals surface area contributed by atoms with Crippen LogP contribution in [0.3, 0.4) is 0 Å². The van der Waals surface area contributed by atoms with Crippen LogP contribution in [0, 0.1) is 0 Å². The van der Waals surface area contributed by atoms with Crippen molar-refractivity contribution in [3.63, 3.8) is 0 Å². The SMILES string of the molecule is ONC(c1ccccc1)c1ccccn1. The Morgan fingerprint density at radius 1 is 1.00 bits per heavy atom. The Bertz CT molecular complexity index is 363. The van der Waals surface area contributed by atoms with E-state index < -0.39 is 0 Å². The Kier molecular flexibility index (Phi) is 3.07. The van der Waals surface area contributed by atoms with Gasteiger partial charge in [0.2, 0.25) is 0 Å². The third kappa shape index (κ3) is 2.21. The van der Waals surface area contributed by atoms with E-state index in [1.165, 1.54) is 0 Å². The molecule has 1 aromatic heterocycles. The number of hydroxylamine groups is 1. The van der Waals surface area contributed by atoms with E-state index in [2.05, 4.69) is 10.5 Å². The second-order valence-electron chi connectivity index (χ2n) is 3.23. The third-order valence-corrected chi connectivity index (χ3v) is 2.25.